The number of amides is 1. The summed E-state index contributed by atoms with van der Waals surface area (Å²) in [6.45, 7) is 0. The number of para-hydroxylation sites is 1. The molecule has 19 heavy (non-hydrogen) atoms. The maximum atomic E-state index is 12.1. The van der Waals surface area contributed by atoms with Gasteiger partial charge in [-0.3, -0.25) is 4.79 Å². The Bertz CT molecular complexity index is 528. The van der Waals surface area contributed by atoms with Crippen molar-refractivity contribution in [1.29, 1.82) is 0 Å². The lowest BCUT2D eigenvalue weighted by atomic mass is 10.1. The first-order chi connectivity index (χ1) is 9.18. The van der Waals surface area contributed by atoms with E-state index in [1.54, 1.807) is 12.1 Å². The van der Waals surface area contributed by atoms with Crippen LogP contribution in [0.15, 0.2) is 60.7 Å². The van der Waals surface area contributed by atoms with Crippen molar-refractivity contribution in [3.05, 3.63) is 66.2 Å². The van der Waals surface area contributed by atoms with Crippen LogP contribution < -0.4 is 16.6 Å². The highest BCUT2D eigenvalue weighted by Crippen LogP contribution is 2.11. The maximum absolute atomic E-state index is 12.1. The molecule has 4 nitrogen and oxygen atoms in total. The molecule has 98 valence electrons. The van der Waals surface area contributed by atoms with Crippen LogP contribution in [0.25, 0.3) is 0 Å². The fourth-order valence-corrected chi connectivity index (χ4v) is 1.85. The summed E-state index contributed by atoms with van der Waals surface area (Å²) in [4.78, 5) is 12.1. The van der Waals surface area contributed by atoms with Crippen molar-refractivity contribution in [1.82, 2.24) is 0 Å². The van der Waals surface area contributed by atoms with E-state index in [0.29, 0.717) is 12.1 Å². The number of hydrazine groups is 1. The van der Waals surface area contributed by atoms with E-state index in [0.717, 1.165) is 10.6 Å². The van der Waals surface area contributed by atoms with Gasteiger partial charge in [0.05, 0.1) is 11.7 Å². The number of carbonyl (C=O) groups is 1. The Hall–Kier alpha value is -2.17. The Morgan fingerprint density at radius 1 is 1.00 bits per heavy atom. The summed E-state index contributed by atoms with van der Waals surface area (Å²) < 4.78 is 0. The van der Waals surface area contributed by atoms with E-state index >= 15 is 0 Å². The first-order valence-electron chi connectivity index (χ1n) is 6.11. The zero-order valence-electron chi connectivity index (χ0n) is 10.6. The monoisotopic (exact) mass is 255 g/mol. The molecule has 4 N–H and O–H groups in total. The first kappa shape index (κ1) is 13.3. The van der Waals surface area contributed by atoms with Gasteiger partial charge in [-0.25, -0.2) is 10.9 Å². The molecule has 2 aromatic carbocycles. The Kier molecular flexibility index (Phi) is 4.28. The highest BCUT2D eigenvalue weighted by Gasteiger charge is 2.20. The van der Waals surface area contributed by atoms with Crippen molar-refractivity contribution < 1.29 is 4.79 Å². The molecule has 0 aliphatic heterocycles. The smallest absolute Gasteiger partial charge is 0.258 e. The van der Waals surface area contributed by atoms with Crippen LogP contribution in [0.2, 0.25) is 0 Å². The van der Waals surface area contributed by atoms with Crippen molar-refractivity contribution in [3.63, 3.8) is 0 Å². The molecule has 0 fully saturated rings. The minimum absolute atomic E-state index is 0.296. The lowest BCUT2D eigenvalue weighted by Gasteiger charge is -2.20. The Morgan fingerprint density at radius 2 is 1.53 bits per heavy atom. The topological polar surface area (TPSA) is 72.4 Å². The number of hydrogen-bond acceptors (Lipinski definition) is 3. The van der Waals surface area contributed by atoms with E-state index < -0.39 is 6.04 Å². The van der Waals surface area contributed by atoms with Gasteiger partial charge in [-0.05, 0) is 24.1 Å². The van der Waals surface area contributed by atoms with Crippen molar-refractivity contribution in [2.45, 2.75) is 12.5 Å². The summed E-state index contributed by atoms with van der Waals surface area (Å²) in [6, 6.07) is 18.1. The number of hydrogen-bond donors (Lipinski definition) is 2. The van der Waals surface area contributed by atoms with Crippen LogP contribution in [0.3, 0.4) is 0 Å². The second-order valence-electron chi connectivity index (χ2n) is 4.34. The normalized spacial score (nSPS) is 11.9. The maximum Gasteiger partial charge on any atom is 0.258 e. The molecule has 1 amide bonds. The van der Waals surface area contributed by atoms with Gasteiger partial charge in [-0.2, -0.15) is 0 Å². The molecule has 0 aliphatic carbocycles. The van der Waals surface area contributed by atoms with Crippen LogP contribution in [0.1, 0.15) is 5.56 Å². The molecule has 2 rings (SSSR count). The van der Waals surface area contributed by atoms with Gasteiger partial charge in [0.15, 0.2) is 0 Å². The minimum Gasteiger partial charge on any atom is -0.320 e. The van der Waals surface area contributed by atoms with Gasteiger partial charge in [0, 0.05) is 0 Å². The third-order valence-electron chi connectivity index (χ3n) is 2.89. The van der Waals surface area contributed by atoms with E-state index in [4.69, 9.17) is 11.6 Å². The number of nitrogens with zero attached hydrogens (tertiary/aromatic N) is 1. The number of carbonyl (C=O) groups excluding carboxylic acids is 1. The van der Waals surface area contributed by atoms with Gasteiger partial charge in [-0.1, -0.05) is 48.5 Å². The second-order valence-corrected chi connectivity index (χ2v) is 4.34. The number of benzene rings is 2. The summed E-state index contributed by atoms with van der Waals surface area (Å²) in [7, 11) is 0. The molecule has 0 aliphatic rings. The number of rotatable bonds is 4. The predicted octanol–water partition coefficient (Wildman–Crippen LogP) is 1.46. The number of nitrogens with two attached hydrogens (primary N) is 2. The van der Waals surface area contributed by atoms with E-state index in [1.807, 2.05) is 48.5 Å². The van der Waals surface area contributed by atoms with E-state index in [2.05, 4.69) is 0 Å². The van der Waals surface area contributed by atoms with Crippen molar-refractivity contribution >= 4 is 11.6 Å². The average molecular weight is 255 g/mol. The van der Waals surface area contributed by atoms with Gasteiger partial charge < -0.3 is 5.73 Å². The summed E-state index contributed by atoms with van der Waals surface area (Å²) in [5.74, 6) is 5.50. The van der Waals surface area contributed by atoms with Crippen molar-refractivity contribution in [2.24, 2.45) is 11.6 Å². The third-order valence-corrected chi connectivity index (χ3v) is 2.89. The fourth-order valence-electron chi connectivity index (χ4n) is 1.85. The van der Waals surface area contributed by atoms with E-state index in [-0.39, 0.29) is 5.91 Å². The van der Waals surface area contributed by atoms with Crippen LogP contribution >= 0.6 is 0 Å². The second kappa shape index (κ2) is 6.13. The van der Waals surface area contributed by atoms with Crippen LogP contribution in [-0.4, -0.2) is 11.9 Å². The van der Waals surface area contributed by atoms with Gasteiger partial charge in [0.2, 0.25) is 0 Å². The molecule has 0 spiro atoms. The molecule has 0 radical (unpaired) electrons. The number of anilines is 1. The zero-order valence-corrected chi connectivity index (χ0v) is 10.6. The highest BCUT2D eigenvalue weighted by molar-refractivity contribution is 5.96. The zero-order chi connectivity index (χ0) is 13.7. The van der Waals surface area contributed by atoms with Gasteiger partial charge in [-0.15, -0.1) is 0 Å². The first-order valence-corrected chi connectivity index (χ1v) is 6.11. The molecular formula is C15H17N3O. The summed E-state index contributed by atoms with van der Waals surface area (Å²) in [5.41, 5.74) is 7.57. The fraction of sp³-hybridized carbons (Fsp3) is 0.133. The molecule has 1 atom stereocenters. The molecule has 0 saturated carbocycles. The van der Waals surface area contributed by atoms with Crippen LogP contribution in [0.4, 0.5) is 5.69 Å². The molecule has 0 saturated heterocycles. The predicted molar refractivity (Wildman–Crippen MR) is 76.2 cm³/mol. The van der Waals surface area contributed by atoms with E-state index in [1.165, 1.54) is 0 Å². The largest absolute Gasteiger partial charge is 0.320 e. The standard InChI is InChI=1S/C15H17N3O/c16-14(11-12-7-3-1-4-8-12)15(19)18(17)13-9-5-2-6-10-13/h1-10,14H,11,16-17H2. The van der Waals surface area contributed by atoms with Gasteiger partial charge >= 0.3 is 0 Å². The minimum atomic E-state index is -0.646. The molecule has 4 heteroatoms. The molecule has 0 aromatic heterocycles. The summed E-state index contributed by atoms with van der Waals surface area (Å²) in [5, 5.41) is 1.10. The third kappa shape index (κ3) is 3.40. The van der Waals surface area contributed by atoms with Crippen LogP contribution in [0, 0.1) is 0 Å². The molecule has 0 bridgehead atoms. The molecule has 0 heterocycles. The average Bonchev–Trinajstić information content (AvgIpc) is 2.47. The van der Waals surface area contributed by atoms with Gasteiger partial charge in [0.1, 0.15) is 0 Å². The lowest BCUT2D eigenvalue weighted by molar-refractivity contribution is -0.119. The summed E-state index contributed by atoms with van der Waals surface area (Å²) >= 11 is 0. The Morgan fingerprint density at radius 3 is 2.11 bits per heavy atom. The highest BCUT2D eigenvalue weighted by atomic mass is 16.2. The van der Waals surface area contributed by atoms with E-state index in [9.17, 15) is 4.79 Å². The van der Waals surface area contributed by atoms with Gasteiger partial charge in [0.25, 0.3) is 5.91 Å². The molecule has 1 unspecified atom stereocenters. The van der Waals surface area contributed by atoms with Crippen LogP contribution in [0.5, 0.6) is 0 Å². The Labute approximate surface area is 112 Å². The molecular weight excluding hydrogens is 238 g/mol. The molecule has 2 aromatic rings. The SMILES string of the molecule is NC(Cc1ccccc1)C(=O)N(N)c1ccccc1. The van der Waals surface area contributed by atoms with Crippen molar-refractivity contribution in [2.75, 3.05) is 5.01 Å². The Balaban J connectivity index is 2.03. The quantitative estimate of drug-likeness (QED) is 0.493. The van der Waals surface area contributed by atoms with Crippen LogP contribution in [-0.2, 0) is 11.2 Å². The summed E-state index contributed by atoms with van der Waals surface area (Å²) in [6.07, 6.45) is 0.472. The lowest BCUT2D eigenvalue weighted by Crippen LogP contribution is -2.48. The van der Waals surface area contributed by atoms with Crippen molar-refractivity contribution in [3.8, 4) is 0 Å².